The molecule has 0 saturated carbocycles. The number of rotatable bonds is 4. The van der Waals surface area contributed by atoms with Crippen LogP contribution < -0.4 is 4.90 Å². The summed E-state index contributed by atoms with van der Waals surface area (Å²) in [6.45, 7) is 5.30. The van der Waals surface area contributed by atoms with Crippen LogP contribution in [0.2, 0.25) is 0 Å². The van der Waals surface area contributed by atoms with Crippen molar-refractivity contribution < 1.29 is 4.39 Å². The summed E-state index contributed by atoms with van der Waals surface area (Å²) < 4.78 is 13.6. The molecule has 0 saturated heterocycles. The third-order valence-electron chi connectivity index (χ3n) is 5.72. The molecule has 2 aromatic carbocycles. The molecule has 0 amide bonds. The molecule has 5 rings (SSSR count). The molecule has 3 heterocycles. The van der Waals surface area contributed by atoms with E-state index < -0.39 is 0 Å². The van der Waals surface area contributed by atoms with Gasteiger partial charge in [-0.15, -0.1) is 0 Å². The molecule has 0 spiro atoms. The maximum Gasteiger partial charge on any atom is 0.140 e. The number of hydrogen-bond acceptors (Lipinski definition) is 3. The van der Waals surface area contributed by atoms with Gasteiger partial charge in [-0.25, -0.2) is 9.37 Å². The number of nitrogens with zero attached hydrogens (tertiary/aromatic N) is 3. The van der Waals surface area contributed by atoms with Gasteiger partial charge in [-0.3, -0.25) is 4.90 Å². The molecule has 0 atom stereocenters. The standard InChI is InChI=1S/C26H24FN3/c1-19-7-9-20(10-8-19)16-30-18-22-17-29(15-21-4-2-5-23(27)14-21)13-11-24(22)25-6-3-12-28-26(25)30/h2-12,14,18H,13,15-17H2,1H3. The van der Waals surface area contributed by atoms with Crippen LogP contribution in [0.1, 0.15) is 22.3 Å². The number of halogens is 1. The maximum atomic E-state index is 13.6. The van der Waals surface area contributed by atoms with Gasteiger partial charge in [0.15, 0.2) is 0 Å². The predicted molar refractivity (Wildman–Crippen MR) is 119 cm³/mol. The van der Waals surface area contributed by atoms with Crippen molar-refractivity contribution in [3.05, 3.63) is 113 Å². The Morgan fingerprint density at radius 2 is 1.83 bits per heavy atom. The van der Waals surface area contributed by atoms with Crippen molar-refractivity contribution in [1.82, 2.24) is 9.88 Å². The monoisotopic (exact) mass is 397 g/mol. The van der Waals surface area contributed by atoms with E-state index in [-0.39, 0.29) is 5.82 Å². The number of aromatic nitrogens is 1. The molecule has 2 aliphatic rings. The molecule has 0 fully saturated rings. The van der Waals surface area contributed by atoms with Gasteiger partial charge >= 0.3 is 0 Å². The highest BCUT2D eigenvalue weighted by atomic mass is 19.1. The lowest BCUT2D eigenvalue weighted by atomic mass is 9.92. The van der Waals surface area contributed by atoms with Gasteiger partial charge in [-0.05, 0) is 53.5 Å². The zero-order valence-corrected chi connectivity index (χ0v) is 17.1. The highest BCUT2D eigenvalue weighted by molar-refractivity contribution is 5.89. The van der Waals surface area contributed by atoms with Crippen LogP contribution in [0.4, 0.5) is 10.2 Å². The van der Waals surface area contributed by atoms with Crippen LogP contribution in [-0.2, 0) is 13.1 Å². The first-order valence-electron chi connectivity index (χ1n) is 10.3. The number of anilines is 1. The predicted octanol–water partition coefficient (Wildman–Crippen LogP) is 5.33. The molecule has 30 heavy (non-hydrogen) atoms. The van der Waals surface area contributed by atoms with Crippen LogP contribution in [0.5, 0.6) is 0 Å². The molecular formula is C26H24FN3. The highest BCUT2D eigenvalue weighted by Crippen LogP contribution is 2.38. The highest BCUT2D eigenvalue weighted by Gasteiger charge is 2.27. The van der Waals surface area contributed by atoms with E-state index in [9.17, 15) is 4.39 Å². The fraction of sp³-hybridized carbons (Fsp3) is 0.192. The lowest BCUT2D eigenvalue weighted by molar-refractivity contribution is 0.316. The van der Waals surface area contributed by atoms with Crippen LogP contribution in [0.15, 0.2) is 84.7 Å². The number of benzene rings is 2. The Hall–Kier alpha value is -3.24. The molecule has 4 heteroatoms. The zero-order chi connectivity index (χ0) is 20.5. The molecule has 0 bridgehead atoms. The molecule has 3 nitrogen and oxygen atoms in total. The molecular weight excluding hydrogens is 373 g/mol. The first-order chi connectivity index (χ1) is 14.7. The quantitative estimate of drug-likeness (QED) is 0.593. The average molecular weight is 397 g/mol. The number of aryl methyl sites for hydroxylation is 1. The summed E-state index contributed by atoms with van der Waals surface area (Å²) in [6.07, 6.45) is 6.37. The lowest BCUT2D eigenvalue weighted by Crippen LogP contribution is -2.33. The summed E-state index contributed by atoms with van der Waals surface area (Å²) in [5, 5.41) is 0. The fourth-order valence-electron chi connectivity index (χ4n) is 4.25. The first kappa shape index (κ1) is 18.8. The third-order valence-corrected chi connectivity index (χ3v) is 5.72. The van der Waals surface area contributed by atoms with Crippen LogP contribution in [0.25, 0.3) is 5.57 Å². The minimum atomic E-state index is -0.179. The molecule has 3 aromatic rings. The van der Waals surface area contributed by atoms with Gasteiger partial charge in [0, 0.05) is 44.1 Å². The largest absolute Gasteiger partial charge is 0.328 e. The maximum absolute atomic E-state index is 13.6. The van der Waals surface area contributed by atoms with Crippen molar-refractivity contribution in [2.45, 2.75) is 20.0 Å². The number of fused-ring (bicyclic) bond motifs is 3. The molecule has 150 valence electrons. The third kappa shape index (κ3) is 3.79. The summed E-state index contributed by atoms with van der Waals surface area (Å²) in [5.74, 6) is 0.827. The molecule has 2 aliphatic heterocycles. The van der Waals surface area contributed by atoms with Crippen molar-refractivity contribution in [1.29, 1.82) is 0 Å². The molecule has 1 aromatic heterocycles. The molecule has 0 unspecified atom stereocenters. The Morgan fingerprint density at radius 3 is 2.67 bits per heavy atom. The summed E-state index contributed by atoms with van der Waals surface area (Å²) in [6, 6.07) is 19.7. The van der Waals surface area contributed by atoms with E-state index in [1.54, 1.807) is 12.1 Å². The Morgan fingerprint density at radius 1 is 0.967 bits per heavy atom. The molecule has 0 N–H and O–H groups in total. The van der Waals surface area contributed by atoms with Gasteiger partial charge in [0.1, 0.15) is 11.6 Å². The van der Waals surface area contributed by atoms with E-state index in [2.05, 4.69) is 64.3 Å². The van der Waals surface area contributed by atoms with Crippen molar-refractivity contribution in [2.75, 3.05) is 18.0 Å². The summed E-state index contributed by atoms with van der Waals surface area (Å²) >= 11 is 0. The Balaban J connectivity index is 1.44. The summed E-state index contributed by atoms with van der Waals surface area (Å²) in [5.41, 5.74) is 7.27. The average Bonchev–Trinajstić information content (AvgIpc) is 2.75. The molecule has 0 radical (unpaired) electrons. The minimum Gasteiger partial charge on any atom is -0.328 e. The van der Waals surface area contributed by atoms with Gasteiger partial charge in [-0.2, -0.15) is 0 Å². The van der Waals surface area contributed by atoms with Gasteiger partial charge < -0.3 is 4.90 Å². The minimum absolute atomic E-state index is 0.179. The first-order valence-corrected chi connectivity index (χ1v) is 10.3. The van der Waals surface area contributed by atoms with Gasteiger partial charge in [0.25, 0.3) is 0 Å². The summed E-state index contributed by atoms with van der Waals surface area (Å²) in [7, 11) is 0. The smallest absolute Gasteiger partial charge is 0.140 e. The Kier molecular flexibility index (Phi) is 4.93. The second kappa shape index (κ2) is 7.88. The van der Waals surface area contributed by atoms with E-state index in [0.717, 1.165) is 37.6 Å². The van der Waals surface area contributed by atoms with Gasteiger partial charge in [0.05, 0.1) is 0 Å². The second-order valence-corrected chi connectivity index (χ2v) is 8.06. The normalized spacial score (nSPS) is 15.9. The number of pyridine rings is 1. The second-order valence-electron chi connectivity index (χ2n) is 8.06. The van der Waals surface area contributed by atoms with Crippen LogP contribution in [0.3, 0.4) is 0 Å². The van der Waals surface area contributed by atoms with E-state index in [1.165, 1.54) is 33.9 Å². The Bertz CT molecular complexity index is 1130. The zero-order valence-electron chi connectivity index (χ0n) is 17.1. The summed E-state index contributed by atoms with van der Waals surface area (Å²) in [4.78, 5) is 9.28. The van der Waals surface area contributed by atoms with Gasteiger partial charge in [0.2, 0.25) is 0 Å². The van der Waals surface area contributed by atoms with E-state index in [0.29, 0.717) is 0 Å². The van der Waals surface area contributed by atoms with Crippen molar-refractivity contribution >= 4 is 11.4 Å². The van der Waals surface area contributed by atoms with Crippen LogP contribution >= 0.6 is 0 Å². The van der Waals surface area contributed by atoms with E-state index in [1.807, 2.05) is 18.3 Å². The van der Waals surface area contributed by atoms with E-state index >= 15 is 0 Å². The van der Waals surface area contributed by atoms with Crippen LogP contribution in [-0.4, -0.2) is 23.0 Å². The molecule has 0 aliphatic carbocycles. The van der Waals surface area contributed by atoms with Crippen molar-refractivity contribution in [3.63, 3.8) is 0 Å². The lowest BCUT2D eigenvalue weighted by Gasteiger charge is -2.35. The topological polar surface area (TPSA) is 19.4 Å². The fourth-order valence-corrected chi connectivity index (χ4v) is 4.25. The SMILES string of the molecule is Cc1ccc(CN2C=C3CN(Cc4cccc(F)c4)CC=C3c3cccnc32)cc1. The van der Waals surface area contributed by atoms with Gasteiger partial charge in [-0.1, -0.05) is 48.0 Å². The van der Waals surface area contributed by atoms with Crippen molar-refractivity contribution in [2.24, 2.45) is 0 Å². The van der Waals surface area contributed by atoms with Crippen molar-refractivity contribution in [3.8, 4) is 0 Å². The Labute approximate surface area is 176 Å². The van der Waals surface area contributed by atoms with E-state index in [4.69, 9.17) is 0 Å². The van der Waals surface area contributed by atoms with Crippen LogP contribution in [0, 0.1) is 12.7 Å². The number of hydrogen-bond donors (Lipinski definition) is 0.